The van der Waals surface area contributed by atoms with E-state index in [1.54, 1.807) is 48.2 Å². The van der Waals surface area contributed by atoms with Gasteiger partial charge in [0, 0.05) is 16.5 Å². The molecule has 40 heavy (non-hydrogen) atoms. The Kier molecular flexibility index (Phi) is 7.82. The maximum atomic E-state index is 14.1. The van der Waals surface area contributed by atoms with Gasteiger partial charge in [-0.2, -0.15) is 19.7 Å². The van der Waals surface area contributed by atoms with Crippen LogP contribution in [0.15, 0.2) is 60.7 Å². The first-order chi connectivity index (χ1) is 19.4. The van der Waals surface area contributed by atoms with Gasteiger partial charge in [-0.25, -0.2) is 9.67 Å². The van der Waals surface area contributed by atoms with Gasteiger partial charge in [0.2, 0.25) is 11.8 Å². The minimum Gasteiger partial charge on any atom is -0.497 e. The van der Waals surface area contributed by atoms with Crippen molar-refractivity contribution < 1.29 is 18.6 Å². The van der Waals surface area contributed by atoms with Crippen molar-refractivity contribution >= 4 is 46.4 Å². The van der Waals surface area contributed by atoms with Crippen LogP contribution in [0.2, 0.25) is 10.0 Å². The van der Waals surface area contributed by atoms with Crippen LogP contribution in [0, 0.1) is 17.3 Å². The molecule has 3 heterocycles. The lowest BCUT2D eigenvalue weighted by Gasteiger charge is -2.11. The smallest absolute Gasteiger partial charge is 0.236 e. The van der Waals surface area contributed by atoms with Gasteiger partial charge in [0.05, 0.1) is 43.8 Å². The molecular weight excluding hydrogens is 556 g/mol. The molecule has 11 heteroatoms. The molecule has 3 aromatic heterocycles. The second-order valence-corrected chi connectivity index (χ2v) is 9.30. The summed E-state index contributed by atoms with van der Waals surface area (Å²) >= 11 is 12.6. The van der Waals surface area contributed by atoms with Crippen molar-refractivity contribution in [3.8, 4) is 29.2 Å². The Labute approximate surface area is 238 Å². The molecule has 0 N–H and O–H groups in total. The van der Waals surface area contributed by atoms with E-state index in [0.29, 0.717) is 45.3 Å². The summed E-state index contributed by atoms with van der Waals surface area (Å²) in [6, 6.07) is 18.7. The van der Waals surface area contributed by atoms with E-state index in [1.165, 1.54) is 19.2 Å². The molecule has 0 aliphatic rings. The van der Waals surface area contributed by atoms with Gasteiger partial charge in [-0.05, 0) is 60.2 Å². The Morgan fingerprint density at radius 3 is 2.48 bits per heavy atom. The number of benzene rings is 2. The number of pyridine rings is 2. The molecule has 0 saturated carbocycles. The number of fused-ring (bicyclic) bond motifs is 1. The topological polar surface area (TPSA) is 95.1 Å². The first-order valence-corrected chi connectivity index (χ1v) is 12.6. The second kappa shape index (κ2) is 11.6. The number of hydrogen-bond acceptors (Lipinski definition) is 7. The zero-order valence-corrected chi connectivity index (χ0v) is 22.7. The molecule has 0 spiro atoms. The van der Waals surface area contributed by atoms with Crippen LogP contribution in [0.3, 0.4) is 0 Å². The van der Waals surface area contributed by atoms with E-state index in [2.05, 4.69) is 15.1 Å². The third-order valence-corrected chi connectivity index (χ3v) is 6.39. The van der Waals surface area contributed by atoms with Crippen LogP contribution in [-0.4, -0.2) is 34.0 Å². The van der Waals surface area contributed by atoms with Crippen LogP contribution in [0.1, 0.15) is 22.5 Å². The highest BCUT2D eigenvalue weighted by Crippen LogP contribution is 2.37. The summed E-state index contributed by atoms with van der Waals surface area (Å²) in [6.45, 7) is 0.375. The van der Waals surface area contributed by atoms with Crippen LogP contribution in [-0.2, 0) is 6.54 Å². The molecule has 0 radical (unpaired) electrons. The van der Waals surface area contributed by atoms with Crippen LogP contribution < -0.4 is 14.2 Å². The molecule has 200 valence electrons. The lowest BCUT2D eigenvalue weighted by molar-refractivity contribution is 0.392. The summed E-state index contributed by atoms with van der Waals surface area (Å²) in [4.78, 5) is 8.49. The zero-order chi connectivity index (χ0) is 28.2. The van der Waals surface area contributed by atoms with E-state index in [0.717, 1.165) is 11.3 Å². The molecule has 0 fully saturated rings. The number of aromatic nitrogens is 4. The van der Waals surface area contributed by atoms with Crippen molar-refractivity contribution in [2.24, 2.45) is 0 Å². The first-order valence-electron chi connectivity index (χ1n) is 11.8. The summed E-state index contributed by atoms with van der Waals surface area (Å²) in [5.74, 6) is 0.839. The van der Waals surface area contributed by atoms with Crippen molar-refractivity contribution in [2.45, 2.75) is 6.54 Å². The Morgan fingerprint density at radius 2 is 1.75 bits per heavy atom. The molecule has 8 nitrogen and oxygen atoms in total. The second-order valence-electron chi connectivity index (χ2n) is 8.49. The average molecular weight is 576 g/mol. The van der Waals surface area contributed by atoms with Crippen LogP contribution in [0.5, 0.6) is 23.1 Å². The number of nitriles is 1. The van der Waals surface area contributed by atoms with E-state index < -0.39 is 5.95 Å². The maximum Gasteiger partial charge on any atom is 0.236 e. The van der Waals surface area contributed by atoms with Crippen molar-refractivity contribution in [1.29, 1.82) is 5.26 Å². The molecule has 0 saturated heterocycles. The van der Waals surface area contributed by atoms with Gasteiger partial charge in [-0.15, -0.1) is 0 Å². The molecular formula is C29H20Cl2FN5O3. The first kappa shape index (κ1) is 26.9. The van der Waals surface area contributed by atoms with Gasteiger partial charge in [-0.3, -0.25) is 0 Å². The number of halogens is 3. The van der Waals surface area contributed by atoms with Crippen molar-refractivity contribution in [1.82, 2.24) is 19.7 Å². The standard InChI is InChI=1S/C29H20Cl2FN5O3/c1-38-21-6-3-17(4-7-21)16-37-28-23(8-10-26(32)35-28)24(36-37)9-5-20-14-25(27(31)29(34-20)39-2)40-22-12-18(15-33)11-19(30)13-22/h3-14H,16H2,1-2H3. The van der Waals surface area contributed by atoms with Gasteiger partial charge in [0.1, 0.15) is 16.5 Å². The lowest BCUT2D eigenvalue weighted by atomic mass is 10.2. The minimum absolute atomic E-state index is 0.139. The van der Waals surface area contributed by atoms with Gasteiger partial charge in [0.25, 0.3) is 0 Å². The summed E-state index contributed by atoms with van der Waals surface area (Å²) in [5, 5.41) is 15.1. The highest BCUT2D eigenvalue weighted by atomic mass is 35.5. The molecule has 0 unspecified atom stereocenters. The van der Waals surface area contributed by atoms with Crippen LogP contribution in [0.25, 0.3) is 23.2 Å². The fraction of sp³-hybridized carbons (Fsp3) is 0.103. The molecule has 0 aliphatic heterocycles. The number of nitrogens with zero attached hydrogens (tertiary/aromatic N) is 5. The number of hydrogen-bond donors (Lipinski definition) is 0. The van der Waals surface area contributed by atoms with E-state index in [4.69, 9.17) is 37.4 Å². The highest BCUT2D eigenvalue weighted by molar-refractivity contribution is 6.33. The third kappa shape index (κ3) is 5.83. The van der Waals surface area contributed by atoms with E-state index in [-0.39, 0.29) is 16.7 Å². The summed E-state index contributed by atoms with van der Waals surface area (Å²) in [7, 11) is 3.04. The molecule has 0 amide bonds. The van der Waals surface area contributed by atoms with Crippen LogP contribution in [0.4, 0.5) is 4.39 Å². The Bertz CT molecular complexity index is 1780. The predicted octanol–water partition coefficient (Wildman–Crippen LogP) is 7.17. The monoisotopic (exact) mass is 575 g/mol. The van der Waals surface area contributed by atoms with E-state index in [9.17, 15) is 9.65 Å². The van der Waals surface area contributed by atoms with Gasteiger partial charge < -0.3 is 14.2 Å². The number of rotatable bonds is 8. The Balaban J connectivity index is 1.49. The van der Waals surface area contributed by atoms with Crippen molar-refractivity contribution in [3.05, 3.63) is 99.2 Å². The number of ether oxygens (including phenoxy) is 3. The molecule has 0 atom stereocenters. The van der Waals surface area contributed by atoms with Gasteiger partial charge in [0.15, 0.2) is 11.4 Å². The molecule has 0 aliphatic carbocycles. The largest absolute Gasteiger partial charge is 0.497 e. The average Bonchev–Trinajstić information content (AvgIpc) is 3.29. The number of methoxy groups -OCH3 is 2. The van der Waals surface area contributed by atoms with Crippen LogP contribution >= 0.6 is 23.2 Å². The Morgan fingerprint density at radius 1 is 0.950 bits per heavy atom. The molecule has 0 bridgehead atoms. The summed E-state index contributed by atoms with van der Waals surface area (Å²) in [6.07, 6.45) is 3.44. The zero-order valence-electron chi connectivity index (χ0n) is 21.2. The van der Waals surface area contributed by atoms with Gasteiger partial charge in [-0.1, -0.05) is 35.3 Å². The fourth-order valence-electron chi connectivity index (χ4n) is 3.96. The predicted molar refractivity (Wildman–Crippen MR) is 151 cm³/mol. The normalized spacial score (nSPS) is 11.1. The highest BCUT2D eigenvalue weighted by Gasteiger charge is 2.15. The minimum atomic E-state index is -0.606. The van der Waals surface area contributed by atoms with Gasteiger partial charge >= 0.3 is 0 Å². The lowest BCUT2D eigenvalue weighted by Crippen LogP contribution is -2.03. The van der Waals surface area contributed by atoms with E-state index >= 15 is 0 Å². The quantitative estimate of drug-likeness (QED) is 0.181. The third-order valence-electron chi connectivity index (χ3n) is 5.83. The molecule has 5 aromatic rings. The molecule has 5 rings (SSSR count). The maximum absolute atomic E-state index is 14.1. The fourth-order valence-corrected chi connectivity index (χ4v) is 4.40. The van der Waals surface area contributed by atoms with Crippen molar-refractivity contribution in [3.63, 3.8) is 0 Å². The SMILES string of the molecule is COc1ccc(Cn2nc(C=Cc3cc(Oc4cc(Cl)cc(C#N)c4)c(Cl)c(OC)n3)c3ccc(F)nc32)cc1. The summed E-state index contributed by atoms with van der Waals surface area (Å²) in [5.41, 5.74) is 2.69. The van der Waals surface area contributed by atoms with Crippen molar-refractivity contribution in [2.75, 3.05) is 14.2 Å². The Hall–Kier alpha value is -4.65. The molecule has 2 aromatic carbocycles. The summed E-state index contributed by atoms with van der Waals surface area (Å²) < 4.78 is 32.2. The van der Waals surface area contributed by atoms with E-state index in [1.807, 2.05) is 30.3 Å².